The molecule has 2 N–H and O–H groups in total. The molecule has 0 unspecified atom stereocenters. The number of anilines is 2. The van der Waals surface area contributed by atoms with E-state index < -0.39 is 0 Å². The Bertz CT molecular complexity index is 1040. The largest absolute Gasteiger partial charge is 0.326 e. The summed E-state index contributed by atoms with van der Waals surface area (Å²) >= 11 is 0. The zero-order valence-electron chi connectivity index (χ0n) is 17.2. The van der Waals surface area contributed by atoms with Gasteiger partial charge in [0.15, 0.2) is 0 Å². The van der Waals surface area contributed by atoms with Crippen molar-refractivity contribution < 1.29 is 4.79 Å². The molecule has 30 heavy (non-hydrogen) atoms. The van der Waals surface area contributed by atoms with Gasteiger partial charge in [0.2, 0.25) is 11.9 Å². The van der Waals surface area contributed by atoms with Crippen LogP contribution in [-0.4, -0.2) is 20.9 Å². The monoisotopic (exact) mass is 399 g/mol. The summed E-state index contributed by atoms with van der Waals surface area (Å²) < 4.78 is 0. The van der Waals surface area contributed by atoms with Gasteiger partial charge in [0.05, 0.1) is 6.42 Å². The van der Waals surface area contributed by atoms with Crippen LogP contribution in [0.4, 0.5) is 11.6 Å². The van der Waals surface area contributed by atoms with Crippen LogP contribution in [-0.2, 0) is 11.2 Å². The molecule has 3 rings (SSSR count). The smallest absolute Gasteiger partial charge is 0.228 e. The van der Waals surface area contributed by atoms with Gasteiger partial charge < -0.3 is 10.6 Å². The molecule has 0 aliphatic rings. The topological polar surface area (TPSA) is 79.8 Å². The highest BCUT2D eigenvalue weighted by Gasteiger charge is 2.06. The van der Waals surface area contributed by atoms with Crippen LogP contribution in [0.5, 0.6) is 0 Å². The van der Waals surface area contributed by atoms with E-state index in [-0.39, 0.29) is 5.91 Å². The molecule has 2 heterocycles. The Morgan fingerprint density at radius 1 is 1.03 bits per heavy atom. The summed E-state index contributed by atoms with van der Waals surface area (Å²) in [6.07, 6.45) is 10.2. The fourth-order valence-electron chi connectivity index (χ4n) is 2.91. The summed E-state index contributed by atoms with van der Waals surface area (Å²) in [5.74, 6) is 0.461. The summed E-state index contributed by atoms with van der Waals surface area (Å²) in [6.45, 7) is 7.73. The maximum Gasteiger partial charge on any atom is 0.228 e. The minimum absolute atomic E-state index is 0.0646. The van der Waals surface area contributed by atoms with E-state index in [1.165, 1.54) is 0 Å². The first kappa shape index (κ1) is 20.9. The van der Waals surface area contributed by atoms with Crippen molar-refractivity contribution in [2.45, 2.75) is 26.7 Å². The van der Waals surface area contributed by atoms with Gasteiger partial charge in [0.1, 0.15) is 0 Å². The molecular formula is C24H25N5O. The lowest BCUT2D eigenvalue weighted by molar-refractivity contribution is -0.115. The predicted molar refractivity (Wildman–Crippen MR) is 121 cm³/mol. The van der Waals surface area contributed by atoms with Crippen LogP contribution in [0.3, 0.4) is 0 Å². The van der Waals surface area contributed by atoms with Crippen LogP contribution < -0.4 is 10.6 Å². The van der Waals surface area contributed by atoms with Gasteiger partial charge >= 0.3 is 0 Å². The number of carbonyl (C=O) groups excluding carboxylic acids is 1. The van der Waals surface area contributed by atoms with Gasteiger partial charge in [-0.1, -0.05) is 43.8 Å². The lowest BCUT2D eigenvalue weighted by Crippen LogP contribution is -2.14. The molecule has 0 atom stereocenters. The first-order chi connectivity index (χ1) is 14.6. The number of pyridine rings is 1. The summed E-state index contributed by atoms with van der Waals surface area (Å²) in [6, 6.07) is 11.4. The highest BCUT2D eigenvalue weighted by molar-refractivity contribution is 5.92. The number of allylic oxidation sites excluding steroid dienone is 2. The SMILES string of the molecule is C=C/C(=C\CC)Nc1ncc(-c2ccc(CC(=O)Nc3ccnc(C)c3)cc2)cn1. The lowest BCUT2D eigenvalue weighted by Gasteiger charge is -2.08. The van der Waals surface area contributed by atoms with Gasteiger partial charge in [-0.15, -0.1) is 0 Å². The quantitative estimate of drug-likeness (QED) is 0.526. The molecule has 2 aromatic heterocycles. The third-order valence-electron chi connectivity index (χ3n) is 4.38. The molecule has 1 aromatic carbocycles. The Morgan fingerprint density at radius 3 is 2.40 bits per heavy atom. The highest BCUT2D eigenvalue weighted by atomic mass is 16.1. The van der Waals surface area contributed by atoms with Crippen molar-refractivity contribution in [1.29, 1.82) is 0 Å². The molecule has 6 heteroatoms. The zero-order valence-corrected chi connectivity index (χ0v) is 17.2. The van der Waals surface area contributed by atoms with Crippen LogP contribution in [0, 0.1) is 6.92 Å². The molecule has 0 aliphatic carbocycles. The average molecular weight is 399 g/mol. The van der Waals surface area contributed by atoms with E-state index in [1.54, 1.807) is 30.7 Å². The fraction of sp³-hybridized carbons (Fsp3) is 0.167. The summed E-state index contributed by atoms with van der Waals surface area (Å²) in [7, 11) is 0. The van der Waals surface area contributed by atoms with E-state index in [1.807, 2.05) is 43.3 Å². The molecule has 0 bridgehead atoms. The Hall–Kier alpha value is -3.80. The maximum absolute atomic E-state index is 12.3. The third kappa shape index (κ3) is 5.85. The van der Waals surface area contributed by atoms with E-state index in [9.17, 15) is 4.79 Å². The Labute approximate surface area is 176 Å². The number of nitrogens with zero attached hydrogens (tertiary/aromatic N) is 3. The molecular weight excluding hydrogens is 374 g/mol. The van der Waals surface area contributed by atoms with Crippen molar-refractivity contribution in [3.05, 3.63) is 90.7 Å². The molecule has 0 saturated heterocycles. The molecule has 3 aromatic rings. The second kappa shape index (κ2) is 10.1. The summed E-state index contributed by atoms with van der Waals surface area (Å²) in [5.41, 5.74) is 5.33. The number of hydrogen-bond acceptors (Lipinski definition) is 5. The molecule has 0 saturated carbocycles. The molecule has 6 nitrogen and oxygen atoms in total. The summed E-state index contributed by atoms with van der Waals surface area (Å²) in [4.78, 5) is 25.1. The van der Waals surface area contributed by atoms with Gasteiger partial charge in [0.25, 0.3) is 0 Å². The number of carbonyl (C=O) groups is 1. The lowest BCUT2D eigenvalue weighted by atomic mass is 10.0. The van der Waals surface area contributed by atoms with Crippen molar-refractivity contribution in [3.8, 4) is 11.1 Å². The van der Waals surface area contributed by atoms with Crippen molar-refractivity contribution in [2.75, 3.05) is 10.6 Å². The van der Waals surface area contributed by atoms with E-state index in [0.717, 1.165) is 40.2 Å². The Morgan fingerprint density at radius 2 is 1.77 bits per heavy atom. The van der Waals surface area contributed by atoms with E-state index in [2.05, 4.69) is 39.1 Å². The van der Waals surface area contributed by atoms with Gasteiger partial charge in [-0.3, -0.25) is 9.78 Å². The molecule has 0 spiro atoms. The number of hydrogen-bond donors (Lipinski definition) is 2. The number of amides is 1. The second-order valence-corrected chi connectivity index (χ2v) is 6.80. The normalized spacial score (nSPS) is 11.1. The number of benzene rings is 1. The highest BCUT2D eigenvalue weighted by Crippen LogP contribution is 2.20. The number of nitrogens with one attached hydrogen (secondary N) is 2. The van der Waals surface area contributed by atoms with Gasteiger partial charge in [-0.2, -0.15) is 0 Å². The van der Waals surface area contributed by atoms with Crippen LogP contribution in [0.25, 0.3) is 11.1 Å². The standard InChI is InChI=1S/C24H25N5O/c1-4-6-21(5-2)29-24-26-15-20(16-27-24)19-9-7-18(8-10-19)14-23(30)28-22-11-12-25-17(3)13-22/h5-13,15-16H,2,4,14H2,1,3H3,(H,25,28,30)(H,26,27,29)/b21-6+. The van der Waals surface area contributed by atoms with Gasteiger partial charge in [0, 0.05) is 41.2 Å². The second-order valence-electron chi connectivity index (χ2n) is 6.80. The van der Waals surface area contributed by atoms with Crippen LogP contribution in [0.15, 0.2) is 79.4 Å². The Balaban J connectivity index is 1.61. The van der Waals surface area contributed by atoms with Crippen molar-refractivity contribution in [1.82, 2.24) is 15.0 Å². The zero-order chi connectivity index (χ0) is 21.3. The van der Waals surface area contributed by atoms with Crippen LogP contribution in [0.1, 0.15) is 24.6 Å². The predicted octanol–water partition coefficient (Wildman–Crippen LogP) is 4.92. The van der Waals surface area contributed by atoms with Crippen LogP contribution in [0.2, 0.25) is 0 Å². The minimum atomic E-state index is -0.0646. The molecule has 0 fully saturated rings. The molecule has 0 aliphatic heterocycles. The molecule has 0 radical (unpaired) electrons. The molecule has 152 valence electrons. The number of aryl methyl sites for hydroxylation is 1. The van der Waals surface area contributed by atoms with Crippen molar-refractivity contribution in [3.63, 3.8) is 0 Å². The van der Waals surface area contributed by atoms with Crippen molar-refractivity contribution >= 4 is 17.5 Å². The number of aromatic nitrogens is 3. The van der Waals surface area contributed by atoms with E-state index in [4.69, 9.17) is 0 Å². The molecule has 1 amide bonds. The van der Waals surface area contributed by atoms with Gasteiger partial charge in [-0.05, 0) is 42.7 Å². The van der Waals surface area contributed by atoms with E-state index >= 15 is 0 Å². The average Bonchev–Trinajstić information content (AvgIpc) is 2.74. The Kier molecular flexibility index (Phi) is 7.05. The third-order valence-corrected chi connectivity index (χ3v) is 4.38. The first-order valence-electron chi connectivity index (χ1n) is 9.81. The van der Waals surface area contributed by atoms with Gasteiger partial charge in [-0.25, -0.2) is 9.97 Å². The first-order valence-corrected chi connectivity index (χ1v) is 9.81. The summed E-state index contributed by atoms with van der Waals surface area (Å²) in [5, 5.41) is 6.03. The van der Waals surface area contributed by atoms with E-state index in [0.29, 0.717) is 12.4 Å². The number of rotatable bonds is 8. The maximum atomic E-state index is 12.3. The van der Waals surface area contributed by atoms with Crippen LogP contribution >= 0.6 is 0 Å². The minimum Gasteiger partial charge on any atom is -0.326 e. The fourth-order valence-corrected chi connectivity index (χ4v) is 2.91. The van der Waals surface area contributed by atoms with Crippen molar-refractivity contribution in [2.24, 2.45) is 0 Å².